The Morgan fingerprint density at radius 3 is 2.24 bits per heavy atom. The maximum atomic E-state index is 13.8. The van der Waals surface area contributed by atoms with Crippen molar-refractivity contribution in [1.29, 1.82) is 0 Å². The number of hydrogen-bond acceptors (Lipinski definition) is 5. The summed E-state index contributed by atoms with van der Waals surface area (Å²) in [5, 5.41) is 17.6. The van der Waals surface area contributed by atoms with Gasteiger partial charge in [-0.05, 0) is 61.9 Å². The maximum Gasteiger partial charge on any atom is 0.251 e. The number of carbonyl (C=O) groups excluding carboxylic acids is 3. The van der Waals surface area contributed by atoms with Crippen molar-refractivity contribution in [2.45, 2.75) is 76.7 Å². The molecule has 222 valence electrons. The van der Waals surface area contributed by atoms with Crippen LogP contribution in [0.25, 0.3) is 0 Å². The van der Waals surface area contributed by atoms with Crippen molar-refractivity contribution in [3.05, 3.63) is 107 Å². The number of aliphatic hydroxyl groups is 1. The van der Waals surface area contributed by atoms with Gasteiger partial charge in [0.25, 0.3) is 5.91 Å². The van der Waals surface area contributed by atoms with E-state index in [0.29, 0.717) is 30.6 Å². The molecular formula is C34H42N4O4. The molecule has 0 aromatic heterocycles. The zero-order valence-corrected chi connectivity index (χ0v) is 24.7. The van der Waals surface area contributed by atoms with E-state index in [9.17, 15) is 19.5 Å². The van der Waals surface area contributed by atoms with Gasteiger partial charge in [0.15, 0.2) is 0 Å². The van der Waals surface area contributed by atoms with Crippen LogP contribution >= 0.6 is 0 Å². The first-order valence-corrected chi connectivity index (χ1v) is 14.5. The van der Waals surface area contributed by atoms with Crippen molar-refractivity contribution in [2.75, 3.05) is 6.54 Å². The number of nitrogens with zero attached hydrogens (tertiary/aromatic N) is 1. The van der Waals surface area contributed by atoms with Crippen LogP contribution in [0, 0.1) is 0 Å². The molecule has 0 fully saturated rings. The van der Waals surface area contributed by atoms with E-state index < -0.39 is 29.6 Å². The number of nitrogens with two attached hydrogens (primary N) is 1. The molecule has 3 aromatic carbocycles. The molecule has 3 aromatic rings. The maximum absolute atomic E-state index is 13.8. The molecule has 0 unspecified atom stereocenters. The second kappa shape index (κ2) is 13.8. The van der Waals surface area contributed by atoms with Gasteiger partial charge in [-0.2, -0.15) is 0 Å². The molecular weight excluding hydrogens is 528 g/mol. The number of nitrogens with one attached hydrogen (secondary N) is 2. The van der Waals surface area contributed by atoms with E-state index in [1.54, 1.807) is 12.1 Å². The van der Waals surface area contributed by atoms with Crippen LogP contribution in [0.2, 0.25) is 0 Å². The lowest BCUT2D eigenvalue weighted by molar-refractivity contribution is -0.132. The van der Waals surface area contributed by atoms with Crippen LogP contribution in [-0.4, -0.2) is 58.0 Å². The topological polar surface area (TPSA) is 125 Å². The van der Waals surface area contributed by atoms with Crippen molar-refractivity contribution < 1.29 is 19.5 Å². The molecule has 1 aliphatic heterocycles. The standard InChI is InChI=1S/C34H42N4O4/c1-34(2,3)37-32(41)27-16-10-9-14-25(27)20-30(39)28(19-23-11-5-4-6-12-23)36-33(42)29(21-31(35)40)38-18-17-24-13-7-8-15-26(24)22-38/h4-16,28-30,39H,17-22H2,1-3H3,(H2,35,40)(H,36,42)(H,37,41)/t28-,29-,30+/m0/s1. The molecule has 4 rings (SSSR count). The third-order valence-corrected chi connectivity index (χ3v) is 7.57. The Morgan fingerprint density at radius 1 is 0.905 bits per heavy atom. The van der Waals surface area contributed by atoms with E-state index in [1.807, 2.05) is 86.3 Å². The molecule has 0 spiro atoms. The number of benzene rings is 3. The number of carbonyl (C=O) groups is 3. The molecule has 8 nitrogen and oxygen atoms in total. The molecule has 0 saturated heterocycles. The van der Waals surface area contributed by atoms with E-state index in [2.05, 4.69) is 16.7 Å². The fourth-order valence-electron chi connectivity index (χ4n) is 5.49. The lowest BCUT2D eigenvalue weighted by Gasteiger charge is -2.35. The van der Waals surface area contributed by atoms with Gasteiger partial charge in [0, 0.05) is 30.6 Å². The SMILES string of the molecule is CC(C)(C)NC(=O)c1ccccc1C[C@@H](O)[C@H](Cc1ccccc1)NC(=O)[C@H](CC(N)=O)N1CCc2ccccc2C1. The Kier molecular flexibility index (Phi) is 10.1. The van der Waals surface area contributed by atoms with Crippen molar-refractivity contribution in [1.82, 2.24) is 15.5 Å². The summed E-state index contributed by atoms with van der Waals surface area (Å²) in [5.41, 5.74) is 9.65. The first-order chi connectivity index (χ1) is 20.0. The van der Waals surface area contributed by atoms with Gasteiger partial charge in [0.05, 0.1) is 24.6 Å². The highest BCUT2D eigenvalue weighted by Gasteiger charge is 2.33. The summed E-state index contributed by atoms with van der Waals surface area (Å²) in [7, 11) is 0. The van der Waals surface area contributed by atoms with Gasteiger partial charge in [0.2, 0.25) is 11.8 Å². The average molecular weight is 571 g/mol. The number of fused-ring (bicyclic) bond motifs is 1. The van der Waals surface area contributed by atoms with Crippen LogP contribution in [0.4, 0.5) is 0 Å². The number of amides is 3. The highest BCUT2D eigenvalue weighted by atomic mass is 16.3. The summed E-state index contributed by atoms with van der Waals surface area (Å²) in [6, 6.07) is 23.5. The second-order valence-corrected chi connectivity index (χ2v) is 12.1. The molecule has 8 heteroatoms. The Bertz CT molecular complexity index is 1390. The third kappa shape index (κ3) is 8.50. The minimum atomic E-state index is -1.01. The largest absolute Gasteiger partial charge is 0.391 e. The molecule has 1 heterocycles. The van der Waals surface area contributed by atoms with Crippen molar-refractivity contribution in [3.63, 3.8) is 0 Å². The van der Waals surface area contributed by atoms with E-state index in [1.165, 1.54) is 5.56 Å². The fraction of sp³-hybridized carbons (Fsp3) is 0.382. The lowest BCUT2D eigenvalue weighted by atomic mass is 9.93. The Labute approximate surface area is 248 Å². The lowest BCUT2D eigenvalue weighted by Crippen LogP contribution is -2.55. The van der Waals surface area contributed by atoms with Crippen LogP contribution in [0.1, 0.15) is 59.8 Å². The highest BCUT2D eigenvalue weighted by Crippen LogP contribution is 2.22. The van der Waals surface area contributed by atoms with Crippen LogP contribution in [0.3, 0.4) is 0 Å². The zero-order valence-electron chi connectivity index (χ0n) is 24.7. The second-order valence-electron chi connectivity index (χ2n) is 12.1. The molecule has 0 aliphatic carbocycles. The number of aliphatic hydroxyl groups excluding tert-OH is 1. The summed E-state index contributed by atoms with van der Waals surface area (Å²) >= 11 is 0. The summed E-state index contributed by atoms with van der Waals surface area (Å²) in [6.07, 6.45) is 0.161. The van der Waals surface area contributed by atoms with E-state index in [0.717, 1.165) is 17.5 Å². The van der Waals surface area contributed by atoms with Gasteiger partial charge in [0.1, 0.15) is 0 Å². The van der Waals surface area contributed by atoms with Crippen LogP contribution < -0.4 is 16.4 Å². The normalized spacial score (nSPS) is 15.6. The Morgan fingerprint density at radius 2 is 1.55 bits per heavy atom. The van der Waals surface area contributed by atoms with Crippen molar-refractivity contribution in [3.8, 4) is 0 Å². The number of hydrogen-bond donors (Lipinski definition) is 4. The van der Waals surface area contributed by atoms with Gasteiger partial charge in [-0.1, -0.05) is 72.8 Å². The van der Waals surface area contributed by atoms with Gasteiger partial charge in [-0.25, -0.2) is 0 Å². The molecule has 3 atom stereocenters. The molecule has 0 saturated carbocycles. The quantitative estimate of drug-likeness (QED) is 0.282. The van der Waals surface area contributed by atoms with Crippen molar-refractivity contribution >= 4 is 17.7 Å². The predicted octanol–water partition coefficient (Wildman–Crippen LogP) is 3.15. The summed E-state index contributed by atoms with van der Waals surface area (Å²) < 4.78 is 0. The highest BCUT2D eigenvalue weighted by molar-refractivity contribution is 5.96. The van der Waals surface area contributed by atoms with Gasteiger partial charge in [-0.3, -0.25) is 19.3 Å². The van der Waals surface area contributed by atoms with Gasteiger partial charge < -0.3 is 21.5 Å². The van der Waals surface area contributed by atoms with Gasteiger partial charge >= 0.3 is 0 Å². The first kappa shape index (κ1) is 30.9. The van der Waals surface area contributed by atoms with Crippen molar-refractivity contribution in [2.24, 2.45) is 5.73 Å². The fourth-order valence-corrected chi connectivity index (χ4v) is 5.49. The molecule has 3 amide bonds. The number of rotatable bonds is 11. The Hall–Kier alpha value is -4.01. The minimum Gasteiger partial charge on any atom is -0.391 e. The Balaban J connectivity index is 1.57. The summed E-state index contributed by atoms with van der Waals surface area (Å²) in [5.74, 6) is -1.14. The molecule has 5 N–H and O–H groups in total. The van der Waals surface area contributed by atoms with E-state index in [-0.39, 0.29) is 24.7 Å². The van der Waals surface area contributed by atoms with E-state index in [4.69, 9.17) is 5.73 Å². The number of primary amides is 1. The van der Waals surface area contributed by atoms with Crippen LogP contribution in [0.5, 0.6) is 0 Å². The smallest absolute Gasteiger partial charge is 0.251 e. The molecule has 1 aliphatic rings. The zero-order chi connectivity index (χ0) is 30.3. The molecule has 0 radical (unpaired) electrons. The summed E-state index contributed by atoms with van der Waals surface area (Å²) in [4.78, 5) is 41.0. The van der Waals surface area contributed by atoms with Crippen LogP contribution in [-0.2, 0) is 35.4 Å². The van der Waals surface area contributed by atoms with Gasteiger partial charge in [-0.15, -0.1) is 0 Å². The van der Waals surface area contributed by atoms with Crippen LogP contribution in [0.15, 0.2) is 78.9 Å². The molecule has 0 bridgehead atoms. The average Bonchev–Trinajstić information content (AvgIpc) is 2.95. The predicted molar refractivity (Wildman–Crippen MR) is 164 cm³/mol. The third-order valence-electron chi connectivity index (χ3n) is 7.57. The molecule has 42 heavy (non-hydrogen) atoms. The monoisotopic (exact) mass is 570 g/mol. The first-order valence-electron chi connectivity index (χ1n) is 14.5. The minimum absolute atomic E-state index is 0.127. The van der Waals surface area contributed by atoms with E-state index >= 15 is 0 Å². The summed E-state index contributed by atoms with van der Waals surface area (Å²) in [6.45, 7) is 6.89.